The number of hydrogen-bond acceptors (Lipinski definition) is 4. The number of nitrogens with one attached hydrogen (secondary N) is 1. The van der Waals surface area contributed by atoms with Crippen LogP contribution in [0.1, 0.15) is 40.1 Å². The molecule has 0 bridgehead atoms. The summed E-state index contributed by atoms with van der Waals surface area (Å²) in [5.74, 6) is -0.820. The molecule has 0 aliphatic rings. The number of carbonyl (C=O) groups is 1. The number of aromatic nitrogens is 3. The summed E-state index contributed by atoms with van der Waals surface area (Å²) in [5.41, 5.74) is -3.17. The van der Waals surface area contributed by atoms with Crippen molar-refractivity contribution in [2.45, 2.75) is 25.3 Å². The van der Waals surface area contributed by atoms with Gasteiger partial charge in [-0.05, 0) is 43.3 Å². The molecular formula is C20H14F6N4O. The summed E-state index contributed by atoms with van der Waals surface area (Å²) in [4.78, 5) is 24.9. The van der Waals surface area contributed by atoms with E-state index < -0.39 is 41.0 Å². The fourth-order valence-electron chi connectivity index (χ4n) is 2.82. The van der Waals surface area contributed by atoms with Crippen LogP contribution in [0.2, 0.25) is 0 Å². The minimum atomic E-state index is -5.05. The minimum Gasteiger partial charge on any atom is -0.344 e. The molecule has 5 nitrogen and oxygen atoms in total. The third kappa shape index (κ3) is 5.16. The first-order chi connectivity index (χ1) is 14.5. The number of halogens is 6. The Bertz CT molecular complexity index is 1050. The van der Waals surface area contributed by atoms with Gasteiger partial charge >= 0.3 is 12.4 Å². The number of rotatable bonds is 4. The summed E-state index contributed by atoms with van der Waals surface area (Å²) < 4.78 is 78.3. The zero-order valence-corrected chi connectivity index (χ0v) is 15.8. The summed E-state index contributed by atoms with van der Waals surface area (Å²) in [6.45, 7) is 1.49. The molecule has 1 aromatic carbocycles. The van der Waals surface area contributed by atoms with E-state index in [1.807, 2.05) is 0 Å². The van der Waals surface area contributed by atoms with Crippen molar-refractivity contribution in [1.29, 1.82) is 0 Å². The number of hydrogen-bond donors (Lipinski definition) is 1. The van der Waals surface area contributed by atoms with Gasteiger partial charge in [0.15, 0.2) is 5.82 Å². The Morgan fingerprint density at radius 1 is 0.871 bits per heavy atom. The molecular weight excluding hydrogens is 426 g/mol. The first kappa shape index (κ1) is 22.2. The van der Waals surface area contributed by atoms with E-state index in [1.165, 1.54) is 25.5 Å². The SMILES string of the molecule is CC(NC(=O)c1cc(C(F)(F)F)cc(C(F)(F)F)c1)c1ncccc1-c1ncccn1. The molecule has 0 aliphatic carbocycles. The molecule has 1 N–H and O–H groups in total. The highest BCUT2D eigenvalue weighted by molar-refractivity contribution is 5.95. The van der Waals surface area contributed by atoms with E-state index in [1.54, 1.807) is 18.2 Å². The average molecular weight is 440 g/mol. The fraction of sp³-hybridized carbons (Fsp3) is 0.200. The van der Waals surface area contributed by atoms with Crippen LogP contribution < -0.4 is 5.32 Å². The lowest BCUT2D eigenvalue weighted by molar-refractivity contribution is -0.143. The smallest absolute Gasteiger partial charge is 0.344 e. The Morgan fingerprint density at radius 3 is 1.97 bits per heavy atom. The van der Waals surface area contributed by atoms with Crippen LogP contribution in [-0.4, -0.2) is 20.9 Å². The van der Waals surface area contributed by atoms with Gasteiger partial charge in [-0.2, -0.15) is 26.3 Å². The Labute approximate surface area is 172 Å². The first-order valence-corrected chi connectivity index (χ1v) is 8.79. The van der Waals surface area contributed by atoms with Crippen LogP contribution in [0, 0.1) is 0 Å². The van der Waals surface area contributed by atoms with Gasteiger partial charge in [0.2, 0.25) is 0 Å². The molecule has 0 spiro atoms. The Hall–Kier alpha value is -3.50. The monoisotopic (exact) mass is 440 g/mol. The number of pyridine rings is 1. The Balaban J connectivity index is 1.94. The van der Waals surface area contributed by atoms with Crippen LogP contribution in [0.5, 0.6) is 0 Å². The molecule has 0 fully saturated rings. The molecule has 1 atom stereocenters. The maximum atomic E-state index is 13.0. The van der Waals surface area contributed by atoms with Gasteiger partial charge in [-0.3, -0.25) is 9.78 Å². The van der Waals surface area contributed by atoms with Crippen molar-refractivity contribution in [2.75, 3.05) is 0 Å². The van der Waals surface area contributed by atoms with Gasteiger partial charge < -0.3 is 5.32 Å². The predicted molar refractivity (Wildman–Crippen MR) is 97.6 cm³/mol. The van der Waals surface area contributed by atoms with Crippen LogP contribution >= 0.6 is 0 Å². The number of alkyl halides is 6. The minimum absolute atomic E-state index is 0.0379. The van der Waals surface area contributed by atoms with Gasteiger partial charge in [0, 0.05) is 29.7 Å². The maximum absolute atomic E-state index is 13.0. The Kier molecular flexibility index (Phi) is 5.96. The highest BCUT2D eigenvalue weighted by Crippen LogP contribution is 2.36. The first-order valence-electron chi connectivity index (χ1n) is 8.79. The second kappa shape index (κ2) is 8.32. The number of benzene rings is 1. The van der Waals surface area contributed by atoms with Crippen molar-refractivity contribution in [3.8, 4) is 11.4 Å². The highest BCUT2D eigenvalue weighted by Gasteiger charge is 2.37. The van der Waals surface area contributed by atoms with Crippen LogP contribution in [0.25, 0.3) is 11.4 Å². The zero-order chi connectivity index (χ0) is 22.8. The molecule has 1 amide bonds. The van der Waals surface area contributed by atoms with Gasteiger partial charge in [0.25, 0.3) is 5.91 Å². The molecule has 31 heavy (non-hydrogen) atoms. The zero-order valence-electron chi connectivity index (χ0n) is 15.8. The molecule has 0 aliphatic heterocycles. The number of amides is 1. The van der Waals surface area contributed by atoms with Crippen molar-refractivity contribution < 1.29 is 31.1 Å². The molecule has 3 aromatic rings. The molecule has 0 radical (unpaired) electrons. The quantitative estimate of drug-likeness (QED) is 0.576. The van der Waals surface area contributed by atoms with E-state index in [2.05, 4.69) is 20.3 Å². The van der Waals surface area contributed by atoms with Crippen molar-refractivity contribution >= 4 is 5.91 Å². The number of nitrogens with zero attached hydrogens (tertiary/aromatic N) is 3. The van der Waals surface area contributed by atoms with Crippen molar-refractivity contribution in [1.82, 2.24) is 20.3 Å². The summed E-state index contributed by atoms with van der Waals surface area (Å²) >= 11 is 0. The summed E-state index contributed by atoms with van der Waals surface area (Å²) in [6, 6.07) is 4.67. The summed E-state index contributed by atoms with van der Waals surface area (Å²) in [5, 5.41) is 2.39. The molecule has 2 heterocycles. The standard InChI is InChI=1S/C20H14F6N4O/c1-11(16-15(4-2-5-27-16)17-28-6-3-7-29-17)30-18(31)12-8-13(19(21,22)23)10-14(9-12)20(24,25)26/h2-11H,1H3,(H,30,31). The lowest BCUT2D eigenvalue weighted by Gasteiger charge is -2.18. The van der Waals surface area contributed by atoms with Gasteiger partial charge in [-0.25, -0.2) is 9.97 Å². The molecule has 3 rings (SSSR count). The summed E-state index contributed by atoms with van der Waals surface area (Å²) in [6.07, 6.45) is -5.70. The van der Waals surface area contributed by atoms with Gasteiger partial charge in [0.05, 0.1) is 22.9 Å². The molecule has 2 aromatic heterocycles. The number of carbonyl (C=O) groups excluding carboxylic acids is 1. The molecule has 11 heteroatoms. The van der Waals surface area contributed by atoms with Crippen LogP contribution in [0.15, 0.2) is 55.0 Å². The normalized spacial score (nSPS) is 13.0. The lowest BCUT2D eigenvalue weighted by Crippen LogP contribution is -2.28. The molecule has 1 unspecified atom stereocenters. The van der Waals surface area contributed by atoms with Crippen molar-refractivity contribution in [2.24, 2.45) is 0 Å². The lowest BCUT2D eigenvalue weighted by atomic mass is 10.0. The average Bonchev–Trinajstić information content (AvgIpc) is 2.72. The van der Waals surface area contributed by atoms with Crippen molar-refractivity contribution in [3.63, 3.8) is 0 Å². The summed E-state index contributed by atoms with van der Waals surface area (Å²) in [7, 11) is 0. The fourth-order valence-corrected chi connectivity index (χ4v) is 2.82. The van der Waals surface area contributed by atoms with Gasteiger partial charge in [-0.1, -0.05) is 0 Å². The third-order valence-electron chi connectivity index (χ3n) is 4.25. The molecule has 0 saturated heterocycles. The highest BCUT2D eigenvalue weighted by atomic mass is 19.4. The second-order valence-corrected chi connectivity index (χ2v) is 6.50. The Morgan fingerprint density at radius 2 is 1.42 bits per heavy atom. The topological polar surface area (TPSA) is 67.8 Å². The van der Waals surface area contributed by atoms with E-state index in [0.29, 0.717) is 29.2 Å². The molecule has 162 valence electrons. The van der Waals surface area contributed by atoms with Crippen LogP contribution in [-0.2, 0) is 12.4 Å². The van der Waals surface area contributed by atoms with E-state index in [-0.39, 0.29) is 6.07 Å². The third-order valence-corrected chi connectivity index (χ3v) is 4.25. The largest absolute Gasteiger partial charge is 0.416 e. The van der Waals surface area contributed by atoms with Crippen molar-refractivity contribution in [3.05, 3.63) is 77.4 Å². The van der Waals surface area contributed by atoms with Crippen LogP contribution in [0.3, 0.4) is 0 Å². The van der Waals surface area contributed by atoms with E-state index in [0.717, 1.165) is 0 Å². The van der Waals surface area contributed by atoms with Gasteiger partial charge in [0.1, 0.15) is 0 Å². The van der Waals surface area contributed by atoms with E-state index in [9.17, 15) is 31.1 Å². The van der Waals surface area contributed by atoms with Gasteiger partial charge in [-0.15, -0.1) is 0 Å². The van der Waals surface area contributed by atoms with E-state index >= 15 is 0 Å². The molecule has 0 saturated carbocycles. The van der Waals surface area contributed by atoms with Crippen LogP contribution in [0.4, 0.5) is 26.3 Å². The predicted octanol–water partition coefficient (Wildman–Crippen LogP) is 5.07. The second-order valence-electron chi connectivity index (χ2n) is 6.50. The van der Waals surface area contributed by atoms with E-state index in [4.69, 9.17) is 0 Å². The maximum Gasteiger partial charge on any atom is 0.416 e.